The average molecular weight is 362 g/mol. The van der Waals surface area contributed by atoms with Gasteiger partial charge in [0.25, 0.3) is 11.8 Å². The Morgan fingerprint density at radius 3 is 2.80 bits per heavy atom. The van der Waals surface area contributed by atoms with Crippen LogP contribution in [0.3, 0.4) is 0 Å². The number of aromatic amines is 1. The Labute approximate surface area is 150 Å². The van der Waals surface area contributed by atoms with Gasteiger partial charge < -0.3 is 15.2 Å². The summed E-state index contributed by atoms with van der Waals surface area (Å²) in [6.45, 7) is 1.86. The van der Waals surface area contributed by atoms with Crippen LogP contribution in [0.5, 0.6) is 0 Å². The first kappa shape index (κ1) is 16.2. The zero-order valence-electron chi connectivity index (χ0n) is 14.1. The topological polar surface area (TPSA) is 83.0 Å². The molecule has 4 rings (SSSR count). The first-order valence-electron chi connectivity index (χ1n) is 8.42. The lowest BCUT2D eigenvalue weighted by Crippen LogP contribution is -2.45. The van der Waals surface area contributed by atoms with Gasteiger partial charge in [0, 0.05) is 19.3 Å². The number of amides is 2. The maximum Gasteiger partial charge on any atom is 0.270 e. The van der Waals surface area contributed by atoms with E-state index >= 15 is 0 Å². The third-order valence-corrected chi connectivity index (χ3v) is 5.42. The number of halogens is 1. The summed E-state index contributed by atoms with van der Waals surface area (Å²) in [5, 5.41) is 7.83. The van der Waals surface area contributed by atoms with Crippen LogP contribution in [0.4, 0.5) is 0 Å². The van der Waals surface area contributed by atoms with Crippen molar-refractivity contribution in [3.05, 3.63) is 40.4 Å². The molecule has 8 heteroatoms. The maximum absolute atomic E-state index is 12.8. The number of H-pyrrole nitrogens is 1. The van der Waals surface area contributed by atoms with E-state index in [1.807, 2.05) is 11.8 Å². The molecule has 2 aromatic rings. The number of carbonyl (C=O) groups is 2. The van der Waals surface area contributed by atoms with Crippen LogP contribution in [0.2, 0.25) is 5.02 Å². The highest BCUT2D eigenvalue weighted by molar-refractivity contribution is 6.31. The van der Waals surface area contributed by atoms with Gasteiger partial charge in [0.15, 0.2) is 0 Å². The molecule has 0 saturated carbocycles. The molecular weight excluding hydrogens is 342 g/mol. The van der Waals surface area contributed by atoms with E-state index < -0.39 is 0 Å². The van der Waals surface area contributed by atoms with Crippen molar-refractivity contribution in [2.24, 2.45) is 7.05 Å². The quantitative estimate of drug-likeness (QED) is 0.875. The molecule has 2 N–H and O–H groups in total. The number of aromatic nitrogens is 3. The van der Waals surface area contributed by atoms with Crippen LogP contribution in [-0.2, 0) is 7.05 Å². The van der Waals surface area contributed by atoms with Crippen molar-refractivity contribution < 1.29 is 9.59 Å². The molecule has 2 aromatic heterocycles. The van der Waals surface area contributed by atoms with E-state index in [0.29, 0.717) is 16.4 Å². The number of hydrogen-bond donors (Lipinski definition) is 2. The number of hydrogen-bond acceptors (Lipinski definition) is 3. The summed E-state index contributed by atoms with van der Waals surface area (Å²) in [7, 11) is 1.76. The molecule has 2 aliphatic rings. The second kappa shape index (κ2) is 5.91. The van der Waals surface area contributed by atoms with Crippen LogP contribution in [0.25, 0.3) is 0 Å². The van der Waals surface area contributed by atoms with Gasteiger partial charge in [0.2, 0.25) is 0 Å². The minimum Gasteiger partial charge on any atom is -0.356 e. The maximum atomic E-state index is 12.8. The molecule has 2 fully saturated rings. The van der Waals surface area contributed by atoms with E-state index in [0.717, 1.165) is 25.0 Å². The molecule has 2 aliphatic heterocycles. The molecule has 3 atom stereocenters. The Morgan fingerprint density at radius 1 is 1.36 bits per heavy atom. The first-order chi connectivity index (χ1) is 11.9. The van der Waals surface area contributed by atoms with Gasteiger partial charge in [-0.15, -0.1) is 0 Å². The second-order valence-corrected chi connectivity index (χ2v) is 7.29. The van der Waals surface area contributed by atoms with E-state index in [4.69, 9.17) is 11.6 Å². The van der Waals surface area contributed by atoms with Crippen molar-refractivity contribution in [2.45, 2.75) is 44.3 Å². The fourth-order valence-electron chi connectivity index (χ4n) is 4.16. The molecule has 4 heterocycles. The number of rotatable bonds is 3. The molecular formula is C17H20ClN5O2. The zero-order valence-corrected chi connectivity index (χ0v) is 14.9. The van der Waals surface area contributed by atoms with Crippen molar-refractivity contribution in [1.29, 1.82) is 0 Å². The van der Waals surface area contributed by atoms with Crippen molar-refractivity contribution in [3.63, 3.8) is 0 Å². The highest BCUT2D eigenvalue weighted by Gasteiger charge is 2.49. The molecule has 132 valence electrons. The highest BCUT2D eigenvalue weighted by Crippen LogP contribution is 2.39. The molecule has 0 aliphatic carbocycles. The molecule has 0 aromatic carbocycles. The Hall–Kier alpha value is -2.28. The molecule has 2 bridgehead atoms. The van der Waals surface area contributed by atoms with E-state index in [-0.39, 0.29) is 29.9 Å². The van der Waals surface area contributed by atoms with Gasteiger partial charge in [-0.05, 0) is 38.3 Å². The van der Waals surface area contributed by atoms with Crippen molar-refractivity contribution in [1.82, 2.24) is 25.0 Å². The monoisotopic (exact) mass is 361 g/mol. The normalized spacial score (nSPS) is 24.8. The third kappa shape index (κ3) is 2.72. The minimum atomic E-state index is -0.143. The van der Waals surface area contributed by atoms with Crippen molar-refractivity contribution in [2.75, 3.05) is 0 Å². The molecule has 0 radical (unpaired) electrons. The first-order valence-corrected chi connectivity index (χ1v) is 8.80. The standard InChI is InChI=1S/C17H20ClN5O2/c1-9-5-15(22(2)21-9)16(24)20-12-7-11-3-4-14(12)23(11)17(25)13-6-10(18)8-19-13/h5-6,8,11-12,14,19H,3-4,7H2,1-2H3,(H,20,24)/t11-,12+,14+/m0/s1. The van der Waals surface area contributed by atoms with Gasteiger partial charge in [-0.25, -0.2) is 0 Å². The Kier molecular flexibility index (Phi) is 3.83. The number of carbonyl (C=O) groups excluding carboxylic acids is 2. The number of nitrogens with zero attached hydrogens (tertiary/aromatic N) is 3. The lowest BCUT2D eigenvalue weighted by Gasteiger charge is -2.24. The summed E-state index contributed by atoms with van der Waals surface area (Å²) in [6.07, 6.45) is 4.27. The summed E-state index contributed by atoms with van der Waals surface area (Å²) in [4.78, 5) is 30.2. The van der Waals surface area contributed by atoms with Gasteiger partial charge in [-0.2, -0.15) is 5.10 Å². The fourth-order valence-corrected chi connectivity index (χ4v) is 4.32. The highest BCUT2D eigenvalue weighted by atomic mass is 35.5. The summed E-state index contributed by atoms with van der Waals surface area (Å²) >= 11 is 5.91. The Balaban J connectivity index is 1.49. The van der Waals surface area contributed by atoms with Crippen LogP contribution in [0, 0.1) is 6.92 Å². The fraction of sp³-hybridized carbons (Fsp3) is 0.471. The summed E-state index contributed by atoms with van der Waals surface area (Å²) in [6, 6.07) is 3.58. The number of nitrogens with one attached hydrogen (secondary N) is 2. The second-order valence-electron chi connectivity index (χ2n) is 6.85. The third-order valence-electron chi connectivity index (χ3n) is 5.20. The summed E-state index contributed by atoms with van der Waals surface area (Å²) in [5.41, 5.74) is 1.84. The SMILES string of the molecule is Cc1cc(C(=O)N[C@@H]2C[C@@H]3CC[C@H]2N3C(=O)c2cc(Cl)c[nH]2)n(C)n1. The summed E-state index contributed by atoms with van der Waals surface area (Å²) < 4.78 is 1.59. The molecule has 25 heavy (non-hydrogen) atoms. The predicted molar refractivity (Wildman–Crippen MR) is 92.6 cm³/mol. The number of aryl methyl sites for hydroxylation is 2. The van der Waals surface area contributed by atoms with Gasteiger partial charge >= 0.3 is 0 Å². The van der Waals surface area contributed by atoms with Gasteiger partial charge in [0.05, 0.1) is 22.8 Å². The molecule has 0 spiro atoms. The van der Waals surface area contributed by atoms with Crippen molar-refractivity contribution >= 4 is 23.4 Å². The zero-order chi connectivity index (χ0) is 17.7. The van der Waals surface area contributed by atoms with Crippen LogP contribution in [-0.4, -0.2) is 49.6 Å². The minimum absolute atomic E-state index is 0.0258. The largest absolute Gasteiger partial charge is 0.356 e. The molecule has 2 amide bonds. The Morgan fingerprint density at radius 2 is 2.16 bits per heavy atom. The van der Waals surface area contributed by atoms with Gasteiger partial charge in [-0.1, -0.05) is 11.6 Å². The van der Waals surface area contributed by atoms with Crippen LogP contribution < -0.4 is 5.32 Å². The van der Waals surface area contributed by atoms with Crippen LogP contribution >= 0.6 is 11.6 Å². The average Bonchev–Trinajstić information content (AvgIpc) is 3.30. The molecule has 7 nitrogen and oxygen atoms in total. The molecule has 2 saturated heterocycles. The molecule has 0 unspecified atom stereocenters. The van der Waals surface area contributed by atoms with E-state index in [2.05, 4.69) is 15.4 Å². The van der Waals surface area contributed by atoms with Crippen molar-refractivity contribution in [3.8, 4) is 0 Å². The predicted octanol–water partition coefficient (Wildman–Crippen LogP) is 1.89. The van der Waals surface area contributed by atoms with E-state index in [1.165, 1.54) is 0 Å². The van der Waals surface area contributed by atoms with Crippen LogP contribution in [0.15, 0.2) is 18.3 Å². The smallest absolute Gasteiger partial charge is 0.270 e. The lowest BCUT2D eigenvalue weighted by molar-refractivity contribution is 0.0711. The van der Waals surface area contributed by atoms with Gasteiger partial charge in [-0.3, -0.25) is 14.3 Å². The number of fused-ring (bicyclic) bond motifs is 2. The van der Waals surface area contributed by atoms with Crippen LogP contribution in [0.1, 0.15) is 45.9 Å². The van der Waals surface area contributed by atoms with Gasteiger partial charge in [0.1, 0.15) is 11.4 Å². The van der Waals surface area contributed by atoms with E-state index in [1.54, 1.807) is 30.1 Å². The Bertz CT molecular complexity index is 842. The lowest BCUT2D eigenvalue weighted by atomic mass is 9.95. The summed E-state index contributed by atoms with van der Waals surface area (Å²) in [5.74, 6) is -0.191. The van der Waals surface area contributed by atoms with E-state index in [9.17, 15) is 9.59 Å².